The second kappa shape index (κ2) is 14.5. The molecule has 1 spiro atoms. The van der Waals surface area contributed by atoms with Gasteiger partial charge in [-0.2, -0.15) is 0 Å². The molecule has 3 aliphatic rings. The third-order valence-electron chi connectivity index (χ3n) is 8.90. The number of aliphatic hydroxyl groups excluding tert-OH is 1. The second-order valence-electron chi connectivity index (χ2n) is 11.6. The summed E-state index contributed by atoms with van der Waals surface area (Å²) in [6, 6.07) is 8.42. The normalized spacial score (nSPS) is 27.0. The Bertz CT molecular complexity index is 1080. The average Bonchev–Trinajstić information content (AvgIpc) is 3.63. The largest absolute Gasteiger partial charge is 0.465 e. The van der Waals surface area contributed by atoms with Gasteiger partial charge < -0.3 is 19.6 Å². The van der Waals surface area contributed by atoms with E-state index in [1.165, 1.54) is 0 Å². The molecule has 2 unspecified atom stereocenters. The van der Waals surface area contributed by atoms with Gasteiger partial charge in [0.2, 0.25) is 11.8 Å². The quantitative estimate of drug-likeness (QED) is 0.162. The molecule has 0 aromatic heterocycles. The van der Waals surface area contributed by atoms with E-state index >= 15 is 0 Å². The van der Waals surface area contributed by atoms with Gasteiger partial charge in [0.25, 0.3) is 0 Å². The molecule has 1 aromatic carbocycles. The fourth-order valence-electron chi connectivity index (χ4n) is 7.00. The number of benzene rings is 1. The number of hydrogen-bond acceptors (Lipinski definition) is 6. The molecular weight excluding hydrogens is 536 g/mol. The van der Waals surface area contributed by atoms with Gasteiger partial charge in [-0.1, -0.05) is 62.2 Å². The predicted octanol–water partition coefficient (Wildman–Crippen LogP) is 4.79. The van der Waals surface area contributed by atoms with Crippen molar-refractivity contribution in [3.63, 3.8) is 0 Å². The van der Waals surface area contributed by atoms with E-state index in [0.29, 0.717) is 32.5 Å². The zero-order valence-electron chi connectivity index (χ0n) is 24.4. The monoisotopic (exact) mass is 582 g/mol. The SMILES string of the molecule is C=CCCCCOC(=O)[C@@H]1[C@H]2C(=O)N([C@@H](CO)Cc3ccccc3)C(C(=O)N(CC=C)CCCCC)C23CC[C@H]1S3. The molecule has 2 bridgehead atoms. The van der Waals surface area contributed by atoms with E-state index in [0.717, 1.165) is 50.5 Å². The van der Waals surface area contributed by atoms with Crippen molar-refractivity contribution >= 4 is 29.5 Å². The summed E-state index contributed by atoms with van der Waals surface area (Å²) in [5.41, 5.74) is 0.985. The second-order valence-corrected chi connectivity index (χ2v) is 13.2. The first-order valence-electron chi connectivity index (χ1n) is 15.2. The van der Waals surface area contributed by atoms with Crippen molar-refractivity contribution < 1.29 is 24.2 Å². The van der Waals surface area contributed by atoms with E-state index in [-0.39, 0.29) is 29.6 Å². The lowest BCUT2D eigenvalue weighted by molar-refractivity contribution is -0.154. The van der Waals surface area contributed by atoms with Crippen LogP contribution >= 0.6 is 11.8 Å². The van der Waals surface area contributed by atoms with Crippen LogP contribution in [0, 0.1) is 11.8 Å². The van der Waals surface area contributed by atoms with Crippen LogP contribution < -0.4 is 0 Å². The molecule has 7 nitrogen and oxygen atoms in total. The first kappa shape index (κ1) is 31.4. The van der Waals surface area contributed by atoms with Crippen LogP contribution in [0.25, 0.3) is 0 Å². The summed E-state index contributed by atoms with van der Waals surface area (Å²) in [7, 11) is 0. The number of hydrogen-bond donors (Lipinski definition) is 1. The average molecular weight is 583 g/mol. The lowest BCUT2D eigenvalue weighted by Crippen LogP contribution is -2.58. The number of amides is 2. The van der Waals surface area contributed by atoms with Crippen molar-refractivity contribution in [2.75, 3.05) is 26.3 Å². The minimum Gasteiger partial charge on any atom is -0.465 e. The van der Waals surface area contributed by atoms with Gasteiger partial charge in [0.1, 0.15) is 6.04 Å². The van der Waals surface area contributed by atoms with Crippen molar-refractivity contribution in [1.82, 2.24) is 9.80 Å². The van der Waals surface area contributed by atoms with Gasteiger partial charge in [-0.25, -0.2) is 0 Å². The Labute approximate surface area is 249 Å². The Morgan fingerprint density at radius 1 is 1.20 bits per heavy atom. The van der Waals surface area contributed by atoms with E-state index in [2.05, 4.69) is 20.1 Å². The maximum absolute atomic E-state index is 14.5. The summed E-state index contributed by atoms with van der Waals surface area (Å²) in [6.07, 6.45) is 10.9. The highest BCUT2D eigenvalue weighted by Gasteiger charge is 2.74. The fraction of sp³-hybridized carbons (Fsp3) is 0.606. The molecule has 3 aliphatic heterocycles. The summed E-state index contributed by atoms with van der Waals surface area (Å²) in [5.74, 6) is -1.84. The number of carbonyl (C=O) groups is 3. The lowest BCUT2D eigenvalue weighted by Gasteiger charge is -2.39. The Morgan fingerprint density at radius 2 is 1.98 bits per heavy atom. The Kier molecular flexibility index (Phi) is 11.1. The molecule has 1 N–H and O–H groups in total. The maximum Gasteiger partial charge on any atom is 0.310 e. The highest BCUT2D eigenvalue weighted by molar-refractivity contribution is 8.02. The highest BCUT2D eigenvalue weighted by Crippen LogP contribution is 2.67. The first-order chi connectivity index (χ1) is 19.9. The van der Waals surface area contributed by atoms with Crippen LogP contribution in [0.3, 0.4) is 0 Å². The molecule has 41 heavy (non-hydrogen) atoms. The fourth-order valence-corrected chi connectivity index (χ4v) is 9.19. The number of unbranched alkanes of at least 4 members (excludes halogenated alkanes) is 4. The summed E-state index contributed by atoms with van der Waals surface area (Å²) in [4.78, 5) is 45.9. The summed E-state index contributed by atoms with van der Waals surface area (Å²) in [5, 5.41) is 10.6. The van der Waals surface area contributed by atoms with Crippen LogP contribution in [0.4, 0.5) is 0 Å². The highest BCUT2D eigenvalue weighted by atomic mass is 32.2. The molecule has 0 radical (unpaired) electrons. The Morgan fingerprint density at radius 3 is 2.66 bits per heavy atom. The number of carbonyl (C=O) groups excluding carboxylic acids is 3. The summed E-state index contributed by atoms with van der Waals surface area (Å²) in [6.45, 7) is 10.8. The van der Waals surface area contributed by atoms with Crippen LogP contribution in [0.5, 0.6) is 0 Å². The topological polar surface area (TPSA) is 87.1 Å². The molecule has 3 saturated heterocycles. The number of ether oxygens (including phenoxy) is 1. The molecule has 6 atom stereocenters. The number of likely N-dealkylation sites (tertiary alicyclic amines) is 1. The van der Waals surface area contributed by atoms with E-state index in [1.54, 1.807) is 22.7 Å². The zero-order valence-corrected chi connectivity index (χ0v) is 25.2. The van der Waals surface area contributed by atoms with E-state index in [1.807, 2.05) is 41.3 Å². The molecule has 8 heteroatoms. The van der Waals surface area contributed by atoms with Crippen molar-refractivity contribution in [2.45, 2.75) is 86.8 Å². The smallest absolute Gasteiger partial charge is 0.310 e. The van der Waals surface area contributed by atoms with Gasteiger partial charge in [0, 0.05) is 18.3 Å². The molecule has 224 valence electrons. The van der Waals surface area contributed by atoms with Crippen LogP contribution in [0.1, 0.15) is 63.9 Å². The number of thioether (sulfide) groups is 1. The number of aliphatic hydroxyl groups is 1. The van der Waals surface area contributed by atoms with E-state index in [9.17, 15) is 19.5 Å². The number of fused-ring (bicyclic) bond motifs is 1. The third-order valence-corrected chi connectivity index (χ3v) is 10.9. The van der Waals surface area contributed by atoms with E-state index < -0.39 is 28.7 Å². The third kappa shape index (κ3) is 6.43. The van der Waals surface area contributed by atoms with Crippen molar-refractivity contribution in [3.05, 3.63) is 61.2 Å². The molecule has 4 rings (SSSR count). The maximum atomic E-state index is 14.5. The summed E-state index contributed by atoms with van der Waals surface area (Å²) >= 11 is 1.64. The van der Waals surface area contributed by atoms with Gasteiger partial charge in [0.15, 0.2) is 0 Å². The summed E-state index contributed by atoms with van der Waals surface area (Å²) < 4.78 is 5.02. The van der Waals surface area contributed by atoms with Crippen LogP contribution in [-0.4, -0.2) is 81.1 Å². The van der Waals surface area contributed by atoms with Gasteiger partial charge in [0.05, 0.1) is 35.8 Å². The van der Waals surface area contributed by atoms with Crippen molar-refractivity contribution in [2.24, 2.45) is 11.8 Å². The van der Waals surface area contributed by atoms with Gasteiger partial charge in [-0.05, 0) is 50.5 Å². The number of allylic oxidation sites excluding steroid dienone is 1. The molecule has 3 fully saturated rings. The van der Waals surface area contributed by atoms with Gasteiger partial charge >= 0.3 is 5.97 Å². The van der Waals surface area contributed by atoms with Crippen LogP contribution in [0.2, 0.25) is 0 Å². The molecule has 1 aromatic rings. The molecule has 3 heterocycles. The standard InChI is InChI=1S/C33H46N2O5S/c1-4-7-9-14-21-40-32(39)27-26-17-18-33(41-26)28(27)30(37)35(25(23-36)22-24-15-11-10-12-16-24)29(33)31(38)34(19-6-3)20-13-8-5-2/h4,6,10-12,15-16,25-29,36H,1,3,5,7-9,13-14,17-23H2,2H3/t25-,26-,27+,28+,29?,33?/m1/s1. The molecule has 0 aliphatic carbocycles. The lowest BCUT2D eigenvalue weighted by atomic mass is 9.71. The van der Waals surface area contributed by atoms with Gasteiger partial charge in [-0.3, -0.25) is 14.4 Å². The van der Waals surface area contributed by atoms with E-state index in [4.69, 9.17) is 4.74 Å². The Balaban J connectivity index is 1.67. The first-order valence-corrected chi connectivity index (χ1v) is 16.1. The molecular formula is C33H46N2O5S. The van der Waals surface area contributed by atoms with Crippen LogP contribution in [-0.2, 0) is 25.5 Å². The minimum absolute atomic E-state index is 0.0447. The number of nitrogens with zero attached hydrogens (tertiary/aromatic N) is 2. The Hall–Kier alpha value is -2.58. The van der Waals surface area contributed by atoms with Gasteiger partial charge in [-0.15, -0.1) is 24.9 Å². The molecule has 2 amide bonds. The zero-order chi connectivity index (χ0) is 29.4. The van der Waals surface area contributed by atoms with Crippen molar-refractivity contribution in [3.8, 4) is 0 Å². The number of esters is 1. The molecule has 0 saturated carbocycles. The number of rotatable bonds is 17. The van der Waals surface area contributed by atoms with Crippen molar-refractivity contribution in [1.29, 1.82) is 0 Å². The minimum atomic E-state index is -0.747. The predicted molar refractivity (Wildman–Crippen MR) is 163 cm³/mol. The van der Waals surface area contributed by atoms with Crippen LogP contribution in [0.15, 0.2) is 55.6 Å².